The van der Waals surface area contributed by atoms with Crippen LogP contribution in [0.2, 0.25) is 0 Å². The third-order valence-corrected chi connectivity index (χ3v) is 1.98. The topological polar surface area (TPSA) is 52.0 Å². The average Bonchev–Trinajstić information content (AvgIpc) is 2.06. The van der Waals surface area contributed by atoms with E-state index < -0.39 is 0 Å². The van der Waals surface area contributed by atoms with Crippen molar-refractivity contribution in [2.24, 2.45) is 11.5 Å². The van der Waals surface area contributed by atoms with Gasteiger partial charge in [0.05, 0.1) is 0 Å². The molecular formula is C10H16N2. The molecule has 0 aromatic heterocycles. The van der Waals surface area contributed by atoms with Crippen molar-refractivity contribution in [1.82, 2.24) is 0 Å². The predicted octanol–water partition coefficient (Wildman–Crippen LogP) is 1.34. The Labute approximate surface area is 73.6 Å². The maximum absolute atomic E-state index is 5.88. The van der Waals surface area contributed by atoms with Crippen LogP contribution in [0.15, 0.2) is 24.3 Å². The molecule has 1 aromatic carbocycles. The fourth-order valence-electron chi connectivity index (χ4n) is 1.16. The molecule has 0 aliphatic heterocycles. The van der Waals surface area contributed by atoms with Crippen molar-refractivity contribution in [3.05, 3.63) is 35.4 Å². The third kappa shape index (κ3) is 2.32. The summed E-state index contributed by atoms with van der Waals surface area (Å²) >= 11 is 0. The van der Waals surface area contributed by atoms with Gasteiger partial charge in [0.2, 0.25) is 0 Å². The molecule has 1 rings (SSSR count). The Morgan fingerprint density at radius 2 is 1.83 bits per heavy atom. The third-order valence-electron chi connectivity index (χ3n) is 1.98. The van der Waals surface area contributed by atoms with E-state index in [-0.39, 0.29) is 6.04 Å². The maximum Gasteiger partial charge on any atom is 0.0306 e. The molecule has 66 valence electrons. The molecule has 0 aliphatic rings. The molecule has 0 radical (unpaired) electrons. The van der Waals surface area contributed by atoms with Gasteiger partial charge in [-0.15, -0.1) is 0 Å². The molecule has 2 heteroatoms. The van der Waals surface area contributed by atoms with Crippen LogP contribution in [0.1, 0.15) is 23.6 Å². The maximum atomic E-state index is 5.88. The van der Waals surface area contributed by atoms with Gasteiger partial charge in [0.15, 0.2) is 0 Å². The first-order valence-electron chi connectivity index (χ1n) is 4.26. The van der Waals surface area contributed by atoms with Crippen molar-refractivity contribution in [3.63, 3.8) is 0 Å². The van der Waals surface area contributed by atoms with Crippen molar-refractivity contribution < 1.29 is 0 Å². The van der Waals surface area contributed by atoms with Gasteiger partial charge in [0.25, 0.3) is 0 Å². The number of nitrogens with two attached hydrogens (primary N) is 2. The number of hydrogen-bond acceptors (Lipinski definition) is 2. The van der Waals surface area contributed by atoms with Gasteiger partial charge in [-0.3, -0.25) is 0 Å². The molecule has 12 heavy (non-hydrogen) atoms. The summed E-state index contributed by atoms with van der Waals surface area (Å²) in [5, 5.41) is 0. The van der Waals surface area contributed by atoms with E-state index in [9.17, 15) is 0 Å². The second-order valence-electron chi connectivity index (χ2n) is 3.09. The molecule has 0 fully saturated rings. The van der Waals surface area contributed by atoms with Crippen LogP contribution in [0, 0.1) is 6.92 Å². The molecular weight excluding hydrogens is 148 g/mol. The lowest BCUT2D eigenvalue weighted by molar-refractivity contribution is 0.661. The van der Waals surface area contributed by atoms with Crippen molar-refractivity contribution >= 4 is 0 Å². The Kier molecular flexibility index (Phi) is 3.26. The highest BCUT2D eigenvalue weighted by molar-refractivity contribution is 5.23. The molecule has 0 aliphatic carbocycles. The van der Waals surface area contributed by atoms with Gasteiger partial charge in [-0.1, -0.05) is 29.8 Å². The van der Waals surface area contributed by atoms with Crippen molar-refractivity contribution in [3.8, 4) is 0 Å². The van der Waals surface area contributed by atoms with E-state index in [2.05, 4.69) is 31.2 Å². The van der Waals surface area contributed by atoms with Crippen LogP contribution in [0.5, 0.6) is 0 Å². The first-order valence-corrected chi connectivity index (χ1v) is 4.26. The van der Waals surface area contributed by atoms with Crippen LogP contribution in [-0.4, -0.2) is 6.54 Å². The Bertz CT molecular complexity index is 228. The highest BCUT2D eigenvalue weighted by atomic mass is 14.7. The van der Waals surface area contributed by atoms with Gasteiger partial charge in [0, 0.05) is 6.04 Å². The minimum atomic E-state index is 0.0931. The normalized spacial score (nSPS) is 12.9. The van der Waals surface area contributed by atoms with Crippen molar-refractivity contribution in [2.45, 2.75) is 19.4 Å². The molecule has 0 saturated heterocycles. The van der Waals surface area contributed by atoms with Crippen LogP contribution >= 0.6 is 0 Å². The molecule has 0 unspecified atom stereocenters. The quantitative estimate of drug-likeness (QED) is 0.708. The van der Waals surface area contributed by atoms with Gasteiger partial charge in [-0.25, -0.2) is 0 Å². The predicted molar refractivity (Wildman–Crippen MR) is 51.8 cm³/mol. The standard InChI is InChI=1S/C10H16N2/c1-8-2-4-9(5-3-8)10(12)6-7-11/h2-5,10H,6-7,11-12H2,1H3/t10-/m0/s1. The van der Waals surface area contributed by atoms with Crippen LogP contribution in [0.3, 0.4) is 0 Å². The van der Waals surface area contributed by atoms with Gasteiger partial charge in [-0.05, 0) is 25.5 Å². The van der Waals surface area contributed by atoms with Crippen LogP contribution in [0.4, 0.5) is 0 Å². The van der Waals surface area contributed by atoms with Gasteiger partial charge >= 0.3 is 0 Å². The number of benzene rings is 1. The van der Waals surface area contributed by atoms with E-state index in [0.717, 1.165) is 6.42 Å². The Balaban J connectivity index is 2.68. The van der Waals surface area contributed by atoms with Crippen molar-refractivity contribution in [2.75, 3.05) is 6.54 Å². The minimum absolute atomic E-state index is 0.0931. The fourth-order valence-corrected chi connectivity index (χ4v) is 1.16. The number of hydrogen-bond donors (Lipinski definition) is 2. The van der Waals surface area contributed by atoms with Crippen molar-refractivity contribution in [1.29, 1.82) is 0 Å². The Hall–Kier alpha value is -0.860. The van der Waals surface area contributed by atoms with Gasteiger partial charge < -0.3 is 11.5 Å². The molecule has 4 N–H and O–H groups in total. The molecule has 0 heterocycles. The zero-order chi connectivity index (χ0) is 8.97. The summed E-state index contributed by atoms with van der Waals surface area (Å²) in [5.74, 6) is 0. The number of aryl methyl sites for hydroxylation is 1. The number of rotatable bonds is 3. The van der Waals surface area contributed by atoms with Gasteiger partial charge in [0.1, 0.15) is 0 Å². The first-order chi connectivity index (χ1) is 5.74. The monoisotopic (exact) mass is 164 g/mol. The smallest absolute Gasteiger partial charge is 0.0306 e. The lowest BCUT2D eigenvalue weighted by Crippen LogP contribution is -2.15. The lowest BCUT2D eigenvalue weighted by Gasteiger charge is -2.10. The van der Waals surface area contributed by atoms with Crippen LogP contribution < -0.4 is 11.5 Å². The molecule has 0 spiro atoms. The summed E-state index contributed by atoms with van der Waals surface area (Å²) in [6.45, 7) is 2.72. The summed E-state index contributed by atoms with van der Waals surface area (Å²) < 4.78 is 0. The van der Waals surface area contributed by atoms with E-state index in [1.54, 1.807) is 0 Å². The molecule has 0 saturated carbocycles. The average molecular weight is 164 g/mol. The second kappa shape index (κ2) is 4.24. The Morgan fingerprint density at radius 3 is 2.33 bits per heavy atom. The van der Waals surface area contributed by atoms with E-state index >= 15 is 0 Å². The summed E-state index contributed by atoms with van der Waals surface area (Å²) in [6, 6.07) is 8.37. The highest BCUT2D eigenvalue weighted by Crippen LogP contribution is 2.13. The summed E-state index contributed by atoms with van der Waals surface area (Å²) in [4.78, 5) is 0. The molecule has 1 atom stereocenters. The van der Waals surface area contributed by atoms with E-state index in [4.69, 9.17) is 11.5 Å². The van der Waals surface area contributed by atoms with E-state index in [1.165, 1.54) is 11.1 Å². The SMILES string of the molecule is Cc1ccc([C@@H](N)CCN)cc1. The van der Waals surface area contributed by atoms with Gasteiger partial charge in [-0.2, -0.15) is 0 Å². The van der Waals surface area contributed by atoms with Crippen LogP contribution in [0.25, 0.3) is 0 Å². The molecule has 1 aromatic rings. The summed E-state index contributed by atoms with van der Waals surface area (Å²) in [5.41, 5.74) is 13.7. The zero-order valence-electron chi connectivity index (χ0n) is 7.46. The fraction of sp³-hybridized carbons (Fsp3) is 0.400. The first kappa shape index (κ1) is 9.23. The Morgan fingerprint density at radius 1 is 1.25 bits per heavy atom. The molecule has 2 nitrogen and oxygen atoms in total. The minimum Gasteiger partial charge on any atom is -0.330 e. The van der Waals surface area contributed by atoms with E-state index in [0.29, 0.717) is 6.54 Å². The highest BCUT2D eigenvalue weighted by Gasteiger charge is 2.02. The molecule has 0 bridgehead atoms. The summed E-state index contributed by atoms with van der Waals surface area (Å²) in [7, 11) is 0. The lowest BCUT2D eigenvalue weighted by atomic mass is 10.0. The van der Waals surface area contributed by atoms with Crippen LogP contribution in [-0.2, 0) is 0 Å². The largest absolute Gasteiger partial charge is 0.330 e. The molecule has 0 amide bonds. The second-order valence-corrected chi connectivity index (χ2v) is 3.09. The summed E-state index contributed by atoms with van der Waals surface area (Å²) in [6.07, 6.45) is 0.850. The zero-order valence-corrected chi connectivity index (χ0v) is 7.46. The van der Waals surface area contributed by atoms with E-state index in [1.807, 2.05) is 0 Å².